The van der Waals surface area contributed by atoms with E-state index in [4.69, 9.17) is 0 Å². The Morgan fingerprint density at radius 1 is 1.24 bits per heavy atom. The van der Waals surface area contributed by atoms with Crippen molar-refractivity contribution in [3.05, 3.63) is 53.2 Å². The van der Waals surface area contributed by atoms with Crippen molar-refractivity contribution in [2.75, 3.05) is 0 Å². The highest BCUT2D eigenvalue weighted by Gasteiger charge is 2.13. The van der Waals surface area contributed by atoms with Crippen molar-refractivity contribution in [2.45, 2.75) is 6.92 Å². The molecule has 0 radical (unpaired) electrons. The molecule has 0 amide bonds. The highest BCUT2D eigenvalue weighted by molar-refractivity contribution is 7.15. The zero-order valence-electron chi connectivity index (χ0n) is 9.38. The van der Waals surface area contributed by atoms with E-state index in [-0.39, 0.29) is 0 Å². The third kappa shape index (κ3) is 1.51. The number of fused-ring (bicyclic) bond motifs is 1. The molecule has 0 N–H and O–H groups in total. The van der Waals surface area contributed by atoms with Gasteiger partial charge in [-0.1, -0.05) is 30.3 Å². The Labute approximate surface area is 103 Å². The molecule has 0 saturated carbocycles. The monoisotopic (exact) mass is 241 g/mol. The lowest BCUT2D eigenvalue weighted by Crippen LogP contribution is -1.92. The van der Waals surface area contributed by atoms with Gasteiger partial charge in [-0.3, -0.25) is 4.79 Å². The molecule has 1 aromatic carbocycles. The van der Waals surface area contributed by atoms with E-state index in [9.17, 15) is 4.79 Å². The second-order valence-electron chi connectivity index (χ2n) is 3.98. The van der Waals surface area contributed by atoms with Gasteiger partial charge in [-0.25, -0.2) is 0 Å². The number of benzene rings is 1. The minimum absolute atomic E-state index is 0.741. The molecule has 3 aromatic rings. The first-order valence-electron chi connectivity index (χ1n) is 5.41. The molecule has 17 heavy (non-hydrogen) atoms. The van der Waals surface area contributed by atoms with Gasteiger partial charge in [0.1, 0.15) is 4.83 Å². The van der Waals surface area contributed by atoms with Crippen molar-refractivity contribution in [1.29, 1.82) is 0 Å². The van der Waals surface area contributed by atoms with Gasteiger partial charge >= 0.3 is 0 Å². The Balaban J connectivity index is 2.34. The molecule has 84 valence electrons. The molecule has 0 bridgehead atoms. The fourth-order valence-electron chi connectivity index (χ4n) is 2.12. The molecule has 0 unspecified atom stereocenters. The summed E-state index contributed by atoms with van der Waals surface area (Å²) in [5, 5.41) is 2.07. The van der Waals surface area contributed by atoms with Gasteiger partial charge < -0.3 is 4.40 Å². The van der Waals surface area contributed by atoms with Crippen molar-refractivity contribution >= 4 is 22.5 Å². The van der Waals surface area contributed by atoms with Crippen LogP contribution >= 0.6 is 11.3 Å². The van der Waals surface area contributed by atoms with Gasteiger partial charge in [0, 0.05) is 16.6 Å². The van der Waals surface area contributed by atoms with Crippen LogP contribution in [-0.2, 0) is 0 Å². The zero-order chi connectivity index (χ0) is 11.8. The van der Waals surface area contributed by atoms with Crippen LogP contribution in [0.25, 0.3) is 16.0 Å². The molecule has 3 heteroatoms. The first kappa shape index (κ1) is 10.3. The third-order valence-electron chi connectivity index (χ3n) is 2.90. The van der Waals surface area contributed by atoms with E-state index >= 15 is 0 Å². The SMILES string of the molecule is Cc1csc2cc(-c3ccccc3)c(C=O)n12. The lowest BCUT2D eigenvalue weighted by atomic mass is 10.1. The van der Waals surface area contributed by atoms with Crippen LogP contribution in [0.4, 0.5) is 0 Å². The van der Waals surface area contributed by atoms with Crippen LogP contribution in [0.1, 0.15) is 16.2 Å². The van der Waals surface area contributed by atoms with Crippen LogP contribution < -0.4 is 0 Å². The van der Waals surface area contributed by atoms with Crippen LogP contribution in [0.5, 0.6) is 0 Å². The van der Waals surface area contributed by atoms with E-state index in [0.717, 1.165) is 33.6 Å². The molecule has 0 spiro atoms. The van der Waals surface area contributed by atoms with Crippen LogP contribution in [-0.4, -0.2) is 10.7 Å². The molecule has 0 aliphatic carbocycles. The van der Waals surface area contributed by atoms with E-state index < -0.39 is 0 Å². The molecule has 0 fully saturated rings. The van der Waals surface area contributed by atoms with E-state index in [0.29, 0.717) is 0 Å². The second-order valence-corrected chi connectivity index (χ2v) is 4.87. The van der Waals surface area contributed by atoms with E-state index in [1.807, 2.05) is 41.7 Å². The number of aryl methyl sites for hydroxylation is 1. The van der Waals surface area contributed by atoms with Crippen LogP contribution in [0.3, 0.4) is 0 Å². The third-order valence-corrected chi connectivity index (χ3v) is 3.91. The minimum Gasteiger partial charge on any atom is -0.301 e. The smallest absolute Gasteiger partial charge is 0.167 e. The van der Waals surface area contributed by atoms with Crippen LogP contribution in [0, 0.1) is 6.92 Å². The Bertz CT molecular complexity index is 679. The average Bonchev–Trinajstić information content (AvgIpc) is 2.91. The quantitative estimate of drug-likeness (QED) is 0.625. The van der Waals surface area contributed by atoms with E-state index in [2.05, 4.69) is 11.4 Å². The number of carbonyl (C=O) groups excluding carboxylic acids is 1. The van der Waals surface area contributed by atoms with Crippen molar-refractivity contribution in [3.63, 3.8) is 0 Å². The summed E-state index contributed by atoms with van der Waals surface area (Å²) in [6.07, 6.45) is 0.940. The molecule has 3 rings (SSSR count). The number of nitrogens with zero attached hydrogens (tertiary/aromatic N) is 1. The summed E-state index contributed by atoms with van der Waals surface area (Å²) in [6, 6.07) is 12.1. The van der Waals surface area contributed by atoms with Gasteiger partial charge in [0.25, 0.3) is 0 Å². The molecule has 0 aliphatic heterocycles. The van der Waals surface area contributed by atoms with Crippen molar-refractivity contribution in [1.82, 2.24) is 4.40 Å². The van der Waals surface area contributed by atoms with Gasteiger partial charge in [-0.05, 0) is 18.6 Å². The predicted octanol–water partition coefficient (Wildman–Crippen LogP) is 3.79. The van der Waals surface area contributed by atoms with Gasteiger partial charge in [0.05, 0.1) is 5.69 Å². The normalized spacial score (nSPS) is 10.9. The fourth-order valence-corrected chi connectivity index (χ4v) is 3.05. The molecular weight excluding hydrogens is 230 g/mol. The van der Waals surface area contributed by atoms with Crippen molar-refractivity contribution in [3.8, 4) is 11.1 Å². The number of thiazole rings is 1. The molecular formula is C14H11NOS. The molecule has 0 aliphatic rings. The maximum atomic E-state index is 11.3. The molecule has 0 saturated heterocycles. The van der Waals surface area contributed by atoms with Crippen LogP contribution in [0.2, 0.25) is 0 Å². The number of hydrogen-bond donors (Lipinski definition) is 0. The van der Waals surface area contributed by atoms with E-state index in [1.54, 1.807) is 11.3 Å². The predicted molar refractivity (Wildman–Crippen MR) is 70.8 cm³/mol. The summed E-state index contributed by atoms with van der Waals surface area (Å²) >= 11 is 1.66. The Morgan fingerprint density at radius 2 is 2.00 bits per heavy atom. The summed E-state index contributed by atoms with van der Waals surface area (Å²) in [6.45, 7) is 2.02. The first-order chi connectivity index (χ1) is 8.31. The van der Waals surface area contributed by atoms with Gasteiger partial charge in [-0.15, -0.1) is 11.3 Å². The van der Waals surface area contributed by atoms with Crippen LogP contribution in [0.15, 0.2) is 41.8 Å². The highest BCUT2D eigenvalue weighted by atomic mass is 32.1. The van der Waals surface area contributed by atoms with E-state index in [1.165, 1.54) is 0 Å². The van der Waals surface area contributed by atoms with Gasteiger partial charge in [-0.2, -0.15) is 0 Å². The zero-order valence-corrected chi connectivity index (χ0v) is 10.2. The average molecular weight is 241 g/mol. The van der Waals surface area contributed by atoms with Crippen molar-refractivity contribution < 1.29 is 4.79 Å². The highest BCUT2D eigenvalue weighted by Crippen LogP contribution is 2.30. The lowest BCUT2D eigenvalue weighted by Gasteiger charge is -2.00. The molecule has 0 atom stereocenters. The number of aldehydes is 1. The second kappa shape index (κ2) is 3.86. The summed E-state index contributed by atoms with van der Waals surface area (Å²) in [4.78, 5) is 12.4. The molecule has 2 heterocycles. The summed E-state index contributed by atoms with van der Waals surface area (Å²) < 4.78 is 2.01. The largest absolute Gasteiger partial charge is 0.301 e. The maximum Gasteiger partial charge on any atom is 0.167 e. The Morgan fingerprint density at radius 3 is 2.71 bits per heavy atom. The Kier molecular flexibility index (Phi) is 2.34. The lowest BCUT2D eigenvalue weighted by molar-refractivity contribution is 0.111. The topological polar surface area (TPSA) is 21.5 Å². The Hall–Kier alpha value is -1.87. The standard InChI is InChI=1S/C14H11NOS/c1-10-9-17-14-7-12(13(8-16)15(10)14)11-5-3-2-4-6-11/h2-9H,1H3. The van der Waals surface area contributed by atoms with Gasteiger partial charge in [0.2, 0.25) is 0 Å². The first-order valence-corrected chi connectivity index (χ1v) is 6.29. The number of carbonyl (C=O) groups is 1. The number of aromatic nitrogens is 1. The molecule has 2 aromatic heterocycles. The minimum atomic E-state index is 0.741. The summed E-state index contributed by atoms with van der Waals surface area (Å²) in [5.74, 6) is 0. The fraction of sp³-hybridized carbons (Fsp3) is 0.0714. The maximum absolute atomic E-state index is 11.3. The van der Waals surface area contributed by atoms with Gasteiger partial charge in [0.15, 0.2) is 6.29 Å². The number of hydrogen-bond acceptors (Lipinski definition) is 2. The summed E-state index contributed by atoms with van der Waals surface area (Å²) in [5.41, 5.74) is 3.94. The number of rotatable bonds is 2. The molecule has 2 nitrogen and oxygen atoms in total. The van der Waals surface area contributed by atoms with Crippen molar-refractivity contribution in [2.24, 2.45) is 0 Å². The summed E-state index contributed by atoms with van der Waals surface area (Å²) in [7, 11) is 0.